The molecule has 1 amide bonds. The van der Waals surface area contributed by atoms with Crippen LogP contribution in [0.15, 0.2) is 89.5 Å². The van der Waals surface area contributed by atoms with Crippen molar-refractivity contribution in [2.75, 3.05) is 31.1 Å². The molecule has 1 aliphatic heterocycles. The minimum absolute atomic E-state index is 0.0772. The van der Waals surface area contributed by atoms with Crippen LogP contribution in [0.25, 0.3) is 16.9 Å². The molecule has 8 heteroatoms. The molecule has 0 atom stereocenters. The number of carbonyl (C=O) groups excluding carboxylic acids is 1. The third-order valence-corrected chi connectivity index (χ3v) is 6.67. The molecule has 0 spiro atoms. The van der Waals surface area contributed by atoms with Crippen molar-refractivity contribution in [3.05, 3.63) is 107 Å². The average Bonchev–Trinajstić information content (AvgIpc) is 3.59. The molecule has 0 unspecified atom stereocenters. The van der Waals surface area contributed by atoms with Crippen LogP contribution >= 0.6 is 11.6 Å². The van der Waals surface area contributed by atoms with Crippen LogP contribution in [0.5, 0.6) is 0 Å². The predicted octanol–water partition coefficient (Wildman–Crippen LogP) is 5.20. The maximum Gasteiger partial charge on any atom is 0.289 e. The summed E-state index contributed by atoms with van der Waals surface area (Å²) < 4.78 is 7.20. The number of furan rings is 1. The minimum atomic E-state index is -0.0772. The van der Waals surface area contributed by atoms with Crippen molar-refractivity contribution in [2.45, 2.75) is 6.42 Å². The molecule has 0 N–H and O–H groups in total. The zero-order valence-corrected chi connectivity index (χ0v) is 20.3. The SMILES string of the molecule is O=C(c1ccco1)N1CCN(c2cc(Cc3ccccc3)nc3cc(-c4cccc(Cl)c4)nn23)CC1. The summed E-state index contributed by atoms with van der Waals surface area (Å²) in [6.45, 7) is 2.56. The van der Waals surface area contributed by atoms with Gasteiger partial charge in [0.15, 0.2) is 11.4 Å². The van der Waals surface area contributed by atoms with Crippen LogP contribution in [0.1, 0.15) is 21.8 Å². The van der Waals surface area contributed by atoms with Gasteiger partial charge in [-0.25, -0.2) is 4.98 Å². The summed E-state index contributed by atoms with van der Waals surface area (Å²) in [6, 6.07) is 25.6. The summed E-state index contributed by atoms with van der Waals surface area (Å²) in [5, 5.41) is 5.57. The highest BCUT2D eigenvalue weighted by Crippen LogP contribution is 2.27. The van der Waals surface area contributed by atoms with E-state index in [1.54, 1.807) is 12.1 Å². The Morgan fingerprint density at radius 2 is 1.75 bits per heavy atom. The van der Waals surface area contributed by atoms with Gasteiger partial charge in [-0.3, -0.25) is 4.79 Å². The lowest BCUT2D eigenvalue weighted by Gasteiger charge is -2.35. The third kappa shape index (κ3) is 4.45. The number of halogens is 1. The summed E-state index contributed by atoms with van der Waals surface area (Å²) in [6.07, 6.45) is 2.25. The lowest BCUT2D eigenvalue weighted by Crippen LogP contribution is -2.49. The van der Waals surface area contributed by atoms with Crippen LogP contribution in [0.2, 0.25) is 5.02 Å². The second-order valence-corrected chi connectivity index (χ2v) is 9.27. The van der Waals surface area contributed by atoms with Gasteiger partial charge < -0.3 is 14.2 Å². The van der Waals surface area contributed by atoms with Gasteiger partial charge in [0.2, 0.25) is 0 Å². The van der Waals surface area contributed by atoms with Crippen molar-refractivity contribution >= 4 is 29.0 Å². The number of fused-ring (bicyclic) bond motifs is 1. The molecule has 4 heterocycles. The van der Waals surface area contributed by atoms with Crippen LogP contribution in [-0.4, -0.2) is 51.6 Å². The number of amides is 1. The number of aromatic nitrogens is 3. The third-order valence-electron chi connectivity index (χ3n) is 6.43. The van der Waals surface area contributed by atoms with Crippen LogP contribution < -0.4 is 4.90 Å². The Morgan fingerprint density at radius 1 is 0.917 bits per heavy atom. The highest BCUT2D eigenvalue weighted by molar-refractivity contribution is 6.30. The molecule has 0 radical (unpaired) electrons. The largest absolute Gasteiger partial charge is 0.459 e. The minimum Gasteiger partial charge on any atom is -0.459 e. The molecule has 0 aliphatic carbocycles. The van der Waals surface area contributed by atoms with E-state index >= 15 is 0 Å². The lowest BCUT2D eigenvalue weighted by atomic mass is 10.1. The van der Waals surface area contributed by atoms with Gasteiger partial charge in [-0.15, -0.1) is 0 Å². The Labute approximate surface area is 213 Å². The van der Waals surface area contributed by atoms with Crippen LogP contribution in [-0.2, 0) is 6.42 Å². The first kappa shape index (κ1) is 22.4. The Bertz CT molecular complexity index is 1510. The van der Waals surface area contributed by atoms with Gasteiger partial charge in [-0.05, 0) is 29.8 Å². The van der Waals surface area contributed by atoms with Crippen LogP contribution in [0, 0.1) is 0 Å². The van der Waals surface area contributed by atoms with Crippen molar-refractivity contribution < 1.29 is 9.21 Å². The topological polar surface area (TPSA) is 66.9 Å². The Balaban J connectivity index is 1.34. The first-order valence-corrected chi connectivity index (χ1v) is 12.3. The van der Waals surface area contributed by atoms with Gasteiger partial charge in [-0.2, -0.15) is 9.61 Å². The van der Waals surface area contributed by atoms with Crippen molar-refractivity contribution in [3.63, 3.8) is 0 Å². The average molecular weight is 498 g/mol. The first-order chi connectivity index (χ1) is 17.6. The van der Waals surface area contributed by atoms with Gasteiger partial charge in [0.05, 0.1) is 17.7 Å². The zero-order valence-electron chi connectivity index (χ0n) is 19.5. The molecule has 1 aliphatic rings. The molecule has 5 aromatic rings. The van der Waals surface area contributed by atoms with Gasteiger partial charge in [0.25, 0.3) is 5.91 Å². The standard InChI is InChI=1S/C28H24ClN5O2/c29-22-9-4-8-21(17-22)24-19-26-30-23(16-20-6-2-1-3-7-20)18-27(34(26)31-24)32-11-13-33(14-12-32)28(35)25-10-5-15-36-25/h1-10,15,17-19H,11-14,16H2. The summed E-state index contributed by atoms with van der Waals surface area (Å²) in [4.78, 5) is 21.8. The van der Waals surface area contributed by atoms with Crippen molar-refractivity contribution in [2.24, 2.45) is 0 Å². The smallest absolute Gasteiger partial charge is 0.289 e. The van der Waals surface area contributed by atoms with E-state index in [0.717, 1.165) is 34.8 Å². The highest BCUT2D eigenvalue weighted by Gasteiger charge is 2.26. The van der Waals surface area contributed by atoms with Gasteiger partial charge >= 0.3 is 0 Å². The molecular weight excluding hydrogens is 474 g/mol. The number of carbonyl (C=O) groups is 1. The number of nitrogens with zero attached hydrogens (tertiary/aromatic N) is 5. The van der Waals surface area contributed by atoms with Gasteiger partial charge in [0, 0.05) is 55.3 Å². The molecule has 1 fully saturated rings. The van der Waals surface area contributed by atoms with E-state index in [-0.39, 0.29) is 5.91 Å². The van der Waals surface area contributed by atoms with Crippen LogP contribution in [0.3, 0.4) is 0 Å². The molecule has 6 rings (SSSR count). The summed E-state index contributed by atoms with van der Waals surface area (Å²) >= 11 is 6.24. The number of piperazine rings is 1. The Hall–Kier alpha value is -4.10. The van der Waals surface area contributed by atoms with Crippen molar-refractivity contribution in [3.8, 4) is 11.3 Å². The van der Waals surface area contributed by atoms with E-state index in [1.807, 2.05) is 57.9 Å². The fraction of sp³-hybridized carbons (Fsp3) is 0.179. The Morgan fingerprint density at radius 3 is 2.50 bits per heavy atom. The van der Waals surface area contributed by atoms with E-state index in [9.17, 15) is 4.79 Å². The fourth-order valence-corrected chi connectivity index (χ4v) is 4.80. The molecule has 180 valence electrons. The lowest BCUT2D eigenvalue weighted by molar-refractivity contribution is 0.0714. The molecule has 36 heavy (non-hydrogen) atoms. The Kier molecular flexibility index (Phi) is 5.91. The zero-order chi connectivity index (χ0) is 24.5. The van der Waals surface area contributed by atoms with Crippen LogP contribution in [0.4, 0.5) is 5.82 Å². The van der Waals surface area contributed by atoms with E-state index < -0.39 is 0 Å². The van der Waals surface area contributed by atoms with Gasteiger partial charge in [0.1, 0.15) is 5.82 Å². The second kappa shape index (κ2) is 9.51. The van der Waals surface area contributed by atoms with Crippen molar-refractivity contribution in [1.82, 2.24) is 19.5 Å². The fourth-order valence-electron chi connectivity index (χ4n) is 4.61. The maximum absolute atomic E-state index is 12.7. The van der Waals surface area contributed by atoms with Gasteiger partial charge in [-0.1, -0.05) is 54.1 Å². The normalized spacial score (nSPS) is 13.9. The number of hydrogen-bond acceptors (Lipinski definition) is 5. The summed E-state index contributed by atoms with van der Waals surface area (Å²) in [5.74, 6) is 1.26. The molecule has 2 aromatic carbocycles. The maximum atomic E-state index is 12.7. The number of rotatable bonds is 5. The summed E-state index contributed by atoms with van der Waals surface area (Å²) in [5.41, 5.74) is 4.70. The predicted molar refractivity (Wildman–Crippen MR) is 140 cm³/mol. The van der Waals surface area contributed by atoms with Crippen molar-refractivity contribution in [1.29, 1.82) is 0 Å². The monoisotopic (exact) mass is 497 g/mol. The van der Waals surface area contributed by atoms with E-state index in [2.05, 4.69) is 23.1 Å². The quantitative estimate of drug-likeness (QED) is 0.334. The number of hydrogen-bond donors (Lipinski definition) is 0. The molecule has 3 aromatic heterocycles. The van der Waals surface area contributed by atoms with E-state index in [4.69, 9.17) is 26.1 Å². The number of anilines is 1. The molecular formula is C28H24ClN5O2. The molecule has 0 saturated carbocycles. The second-order valence-electron chi connectivity index (χ2n) is 8.83. The highest BCUT2D eigenvalue weighted by atomic mass is 35.5. The van der Waals surface area contributed by atoms with E-state index in [1.165, 1.54) is 11.8 Å². The molecule has 7 nitrogen and oxygen atoms in total. The molecule has 1 saturated heterocycles. The van der Waals surface area contributed by atoms with E-state index in [0.29, 0.717) is 37.0 Å². The summed E-state index contributed by atoms with van der Waals surface area (Å²) in [7, 11) is 0. The number of benzene rings is 2. The molecule has 0 bridgehead atoms. The first-order valence-electron chi connectivity index (χ1n) is 11.9.